The van der Waals surface area contributed by atoms with Gasteiger partial charge in [0.15, 0.2) is 0 Å². The zero-order valence-corrected chi connectivity index (χ0v) is 12.5. The first-order valence-electron chi connectivity index (χ1n) is 5.93. The van der Waals surface area contributed by atoms with Crippen LogP contribution in [0, 0.1) is 9.39 Å². The molecule has 0 unspecified atom stereocenters. The molecule has 1 heterocycles. The van der Waals surface area contributed by atoms with E-state index >= 15 is 0 Å². The Morgan fingerprint density at radius 3 is 2.55 bits per heavy atom. The average Bonchev–Trinajstić information content (AvgIpc) is 2.81. The van der Waals surface area contributed by atoms with E-state index in [1.165, 1.54) is 12.1 Å². The van der Waals surface area contributed by atoms with Crippen LogP contribution in [0.25, 0.3) is 22.4 Å². The van der Waals surface area contributed by atoms with Gasteiger partial charge in [0.25, 0.3) is 0 Å². The van der Waals surface area contributed by atoms with Crippen molar-refractivity contribution in [3.63, 3.8) is 0 Å². The molecule has 2 N–H and O–H groups in total. The number of anilines is 1. The molecule has 0 fully saturated rings. The lowest BCUT2D eigenvalue weighted by Crippen LogP contribution is -1.90. The molecule has 3 aromatic rings. The highest BCUT2D eigenvalue weighted by Gasteiger charge is 2.19. The summed E-state index contributed by atoms with van der Waals surface area (Å²) >= 11 is 2.07. The number of hydrogen-bond acceptors (Lipinski definition) is 3. The van der Waals surface area contributed by atoms with E-state index in [-0.39, 0.29) is 11.7 Å². The van der Waals surface area contributed by atoms with Gasteiger partial charge in [-0.25, -0.2) is 4.39 Å². The highest BCUT2D eigenvalue weighted by atomic mass is 127. The van der Waals surface area contributed by atoms with Crippen molar-refractivity contribution in [3.05, 3.63) is 57.9 Å². The van der Waals surface area contributed by atoms with Crippen LogP contribution in [0.3, 0.4) is 0 Å². The van der Waals surface area contributed by atoms with Crippen LogP contribution in [0.15, 0.2) is 53.1 Å². The van der Waals surface area contributed by atoms with E-state index in [2.05, 4.69) is 27.7 Å². The molecular weight excluding hydrogens is 370 g/mol. The van der Waals surface area contributed by atoms with Crippen LogP contribution < -0.4 is 5.73 Å². The van der Waals surface area contributed by atoms with Crippen molar-refractivity contribution >= 4 is 28.5 Å². The minimum absolute atomic E-state index is 0.256. The van der Waals surface area contributed by atoms with Crippen molar-refractivity contribution in [2.75, 3.05) is 5.73 Å². The molecule has 2 aromatic carbocycles. The number of nitrogen functional groups attached to an aromatic ring is 1. The Morgan fingerprint density at radius 1 is 1.10 bits per heavy atom. The summed E-state index contributed by atoms with van der Waals surface area (Å²) < 4.78 is 19.1. The summed E-state index contributed by atoms with van der Waals surface area (Å²) in [6.45, 7) is 0. The van der Waals surface area contributed by atoms with Crippen molar-refractivity contribution in [1.82, 2.24) is 5.16 Å². The van der Waals surface area contributed by atoms with Crippen LogP contribution in [0.2, 0.25) is 0 Å². The summed E-state index contributed by atoms with van der Waals surface area (Å²) in [5.41, 5.74) is 8.96. The lowest BCUT2D eigenvalue weighted by Gasteiger charge is -2.05. The van der Waals surface area contributed by atoms with E-state index in [4.69, 9.17) is 10.3 Å². The maximum absolute atomic E-state index is 13.2. The largest absolute Gasteiger partial charge is 0.367 e. The van der Waals surface area contributed by atoms with Gasteiger partial charge in [-0.05, 0) is 46.4 Å². The van der Waals surface area contributed by atoms with Gasteiger partial charge in [0.2, 0.25) is 5.88 Å². The van der Waals surface area contributed by atoms with Gasteiger partial charge in [-0.2, -0.15) is 0 Å². The van der Waals surface area contributed by atoms with Gasteiger partial charge in [0, 0.05) is 9.13 Å². The minimum Gasteiger partial charge on any atom is -0.367 e. The van der Waals surface area contributed by atoms with Crippen molar-refractivity contribution in [3.8, 4) is 22.4 Å². The highest BCUT2D eigenvalue weighted by molar-refractivity contribution is 14.1. The lowest BCUT2D eigenvalue weighted by molar-refractivity contribution is 0.439. The Labute approximate surface area is 128 Å². The molecule has 3 rings (SSSR count). The first-order valence-corrected chi connectivity index (χ1v) is 7.00. The quantitative estimate of drug-likeness (QED) is 0.674. The molecule has 20 heavy (non-hydrogen) atoms. The number of nitrogens with zero attached hydrogens (tertiary/aromatic N) is 1. The fourth-order valence-corrected chi connectivity index (χ4v) is 2.78. The van der Waals surface area contributed by atoms with Crippen LogP contribution in [0.1, 0.15) is 0 Å². The molecule has 0 aliphatic rings. The van der Waals surface area contributed by atoms with E-state index in [9.17, 15) is 4.39 Å². The molecule has 3 nitrogen and oxygen atoms in total. The third-order valence-corrected chi connectivity index (χ3v) is 3.86. The van der Waals surface area contributed by atoms with Gasteiger partial charge in [-0.15, -0.1) is 0 Å². The van der Waals surface area contributed by atoms with E-state index in [1.54, 1.807) is 6.07 Å². The fourth-order valence-electron chi connectivity index (χ4n) is 2.05. The zero-order chi connectivity index (χ0) is 14.1. The molecule has 0 saturated carbocycles. The fraction of sp³-hybridized carbons (Fsp3) is 0. The molecule has 0 aliphatic heterocycles. The second kappa shape index (κ2) is 5.24. The summed E-state index contributed by atoms with van der Waals surface area (Å²) in [4.78, 5) is 0. The lowest BCUT2D eigenvalue weighted by atomic mass is 10.0. The average molecular weight is 380 g/mol. The van der Waals surface area contributed by atoms with Crippen LogP contribution in [-0.4, -0.2) is 5.16 Å². The molecule has 0 spiro atoms. The number of halogens is 2. The molecule has 0 atom stereocenters. The molecule has 0 aliphatic carbocycles. The van der Waals surface area contributed by atoms with Gasteiger partial charge >= 0.3 is 0 Å². The Kier molecular flexibility index (Phi) is 3.43. The van der Waals surface area contributed by atoms with Crippen molar-refractivity contribution in [2.24, 2.45) is 0 Å². The van der Waals surface area contributed by atoms with Crippen molar-refractivity contribution in [1.29, 1.82) is 0 Å². The first-order chi connectivity index (χ1) is 9.66. The molecule has 5 heteroatoms. The highest BCUT2D eigenvalue weighted by Crippen LogP contribution is 2.37. The number of benzene rings is 2. The summed E-state index contributed by atoms with van der Waals surface area (Å²) in [7, 11) is 0. The standard InChI is InChI=1S/C15H10FIN2O/c16-10-6-7-11(12(17)8-10)14-13(15(18)20-19-14)9-4-2-1-3-5-9/h1-8H,18H2. The van der Waals surface area contributed by atoms with Crippen LogP contribution >= 0.6 is 22.6 Å². The third-order valence-electron chi connectivity index (χ3n) is 2.97. The number of hydrogen-bond donors (Lipinski definition) is 1. The van der Waals surface area contributed by atoms with Crippen LogP contribution in [0.4, 0.5) is 10.3 Å². The normalized spacial score (nSPS) is 10.7. The van der Waals surface area contributed by atoms with E-state index in [0.29, 0.717) is 5.69 Å². The van der Waals surface area contributed by atoms with E-state index < -0.39 is 0 Å². The predicted molar refractivity (Wildman–Crippen MR) is 84.5 cm³/mol. The molecule has 0 bridgehead atoms. The molecule has 1 aromatic heterocycles. The minimum atomic E-state index is -0.282. The van der Waals surface area contributed by atoms with Crippen molar-refractivity contribution in [2.45, 2.75) is 0 Å². The summed E-state index contributed by atoms with van der Waals surface area (Å²) in [5, 5.41) is 4.03. The van der Waals surface area contributed by atoms with Crippen LogP contribution in [-0.2, 0) is 0 Å². The van der Waals surface area contributed by atoms with Crippen LogP contribution in [0.5, 0.6) is 0 Å². The van der Waals surface area contributed by atoms with Gasteiger partial charge in [0.1, 0.15) is 11.5 Å². The van der Waals surface area contributed by atoms with E-state index in [1.807, 2.05) is 30.3 Å². The van der Waals surface area contributed by atoms with Gasteiger partial charge < -0.3 is 10.3 Å². The summed E-state index contributed by atoms with van der Waals surface area (Å²) in [6, 6.07) is 14.2. The summed E-state index contributed by atoms with van der Waals surface area (Å²) in [6.07, 6.45) is 0. The second-order valence-electron chi connectivity index (χ2n) is 4.26. The molecular formula is C15H10FIN2O. The molecule has 0 radical (unpaired) electrons. The zero-order valence-electron chi connectivity index (χ0n) is 10.3. The molecule has 0 amide bonds. The predicted octanol–water partition coefficient (Wildman–Crippen LogP) is 4.33. The second-order valence-corrected chi connectivity index (χ2v) is 5.42. The molecule has 100 valence electrons. The van der Waals surface area contributed by atoms with E-state index in [0.717, 1.165) is 20.3 Å². The first kappa shape index (κ1) is 13.1. The number of aromatic nitrogens is 1. The number of nitrogens with two attached hydrogens (primary N) is 1. The monoisotopic (exact) mass is 380 g/mol. The Hall–Kier alpha value is -1.89. The topological polar surface area (TPSA) is 52.0 Å². The van der Waals surface area contributed by atoms with Crippen molar-refractivity contribution < 1.29 is 8.91 Å². The Balaban J connectivity index is 2.21. The smallest absolute Gasteiger partial charge is 0.230 e. The third kappa shape index (κ3) is 2.29. The van der Waals surface area contributed by atoms with Gasteiger partial charge in [0.05, 0.1) is 5.56 Å². The maximum atomic E-state index is 13.2. The number of rotatable bonds is 2. The van der Waals surface area contributed by atoms with Gasteiger partial charge in [-0.3, -0.25) is 0 Å². The molecule has 0 saturated heterocycles. The SMILES string of the molecule is Nc1onc(-c2ccc(F)cc2I)c1-c1ccccc1. The summed E-state index contributed by atoms with van der Waals surface area (Å²) in [5.74, 6) is -0.0257. The Bertz CT molecular complexity index is 756. The van der Waals surface area contributed by atoms with Gasteiger partial charge in [-0.1, -0.05) is 35.5 Å². The Morgan fingerprint density at radius 2 is 1.85 bits per heavy atom. The maximum Gasteiger partial charge on any atom is 0.230 e.